The van der Waals surface area contributed by atoms with Crippen molar-refractivity contribution >= 4 is 0 Å². The SMILES string of the molecule is C=C1CC(N)CCC12Cc1ccccc1C2. The first kappa shape index (κ1) is 10.1. The van der Waals surface area contributed by atoms with Gasteiger partial charge in [0.25, 0.3) is 0 Å². The van der Waals surface area contributed by atoms with Crippen LogP contribution in [0.2, 0.25) is 0 Å². The van der Waals surface area contributed by atoms with Crippen LogP contribution in [0.4, 0.5) is 0 Å². The summed E-state index contributed by atoms with van der Waals surface area (Å²) in [7, 11) is 0. The Bertz CT molecular complexity index is 408. The lowest BCUT2D eigenvalue weighted by molar-refractivity contribution is 0.271. The fourth-order valence-corrected chi connectivity index (χ4v) is 3.39. The summed E-state index contributed by atoms with van der Waals surface area (Å²) in [5.41, 5.74) is 10.8. The summed E-state index contributed by atoms with van der Waals surface area (Å²) in [6.07, 6.45) is 5.78. The predicted molar refractivity (Wildman–Crippen MR) is 67.2 cm³/mol. The average Bonchev–Trinajstić information content (AvgIpc) is 2.64. The predicted octanol–water partition coefficient (Wildman–Crippen LogP) is 2.84. The van der Waals surface area contributed by atoms with Crippen molar-refractivity contribution in [2.24, 2.45) is 11.1 Å². The zero-order chi connectivity index (χ0) is 11.2. The smallest absolute Gasteiger partial charge is 0.00765 e. The molecule has 2 aliphatic rings. The van der Waals surface area contributed by atoms with Gasteiger partial charge in [0.15, 0.2) is 0 Å². The highest BCUT2D eigenvalue weighted by Crippen LogP contribution is 2.49. The van der Waals surface area contributed by atoms with Crippen LogP contribution >= 0.6 is 0 Å². The van der Waals surface area contributed by atoms with Crippen LogP contribution in [-0.2, 0) is 12.8 Å². The normalized spacial score (nSPS) is 27.1. The number of nitrogens with two attached hydrogens (primary N) is 1. The molecule has 0 saturated heterocycles. The zero-order valence-corrected chi connectivity index (χ0v) is 9.71. The molecule has 0 aliphatic heterocycles. The van der Waals surface area contributed by atoms with Gasteiger partial charge in [-0.25, -0.2) is 0 Å². The van der Waals surface area contributed by atoms with Crippen LogP contribution in [0.3, 0.4) is 0 Å². The second kappa shape index (κ2) is 3.46. The Labute approximate surface area is 97.4 Å². The molecule has 1 aromatic rings. The molecule has 1 spiro atoms. The summed E-state index contributed by atoms with van der Waals surface area (Å²) in [5.74, 6) is 0. The van der Waals surface area contributed by atoms with E-state index in [1.165, 1.54) is 36.0 Å². The van der Waals surface area contributed by atoms with Crippen LogP contribution in [-0.4, -0.2) is 6.04 Å². The Morgan fingerprint density at radius 2 is 1.81 bits per heavy atom. The highest BCUT2D eigenvalue weighted by molar-refractivity contribution is 5.39. The van der Waals surface area contributed by atoms with Gasteiger partial charge in [-0.1, -0.05) is 36.4 Å². The van der Waals surface area contributed by atoms with Gasteiger partial charge in [0.05, 0.1) is 0 Å². The Morgan fingerprint density at radius 3 is 2.38 bits per heavy atom. The van der Waals surface area contributed by atoms with E-state index < -0.39 is 0 Å². The summed E-state index contributed by atoms with van der Waals surface area (Å²) < 4.78 is 0. The van der Waals surface area contributed by atoms with Crippen molar-refractivity contribution in [2.75, 3.05) is 0 Å². The topological polar surface area (TPSA) is 26.0 Å². The van der Waals surface area contributed by atoms with E-state index in [4.69, 9.17) is 5.73 Å². The van der Waals surface area contributed by atoms with E-state index in [1.807, 2.05) is 0 Å². The molecular formula is C15H19N. The quantitative estimate of drug-likeness (QED) is 0.659. The molecule has 0 aromatic heterocycles. The molecule has 0 bridgehead atoms. The highest BCUT2D eigenvalue weighted by atomic mass is 14.7. The Morgan fingerprint density at radius 1 is 1.19 bits per heavy atom. The molecular weight excluding hydrogens is 194 g/mol. The van der Waals surface area contributed by atoms with Crippen molar-refractivity contribution in [2.45, 2.75) is 38.1 Å². The molecule has 84 valence electrons. The molecule has 2 aliphatic carbocycles. The minimum absolute atomic E-state index is 0.347. The van der Waals surface area contributed by atoms with E-state index in [9.17, 15) is 0 Å². The molecule has 1 saturated carbocycles. The average molecular weight is 213 g/mol. The maximum atomic E-state index is 6.02. The highest BCUT2D eigenvalue weighted by Gasteiger charge is 2.41. The van der Waals surface area contributed by atoms with Gasteiger partial charge in [0.1, 0.15) is 0 Å². The van der Waals surface area contributed by atoms with Gasteiger partial charge in [-0.2, -0.15) is 0 Å². The van der Waals surface area contributed by atoms with Crippen LogP contribution in [0, 0.1) is 5.41 Å². The van der Waals surface area contributed by atoms with E-state index in [0.29, 0.717) is 11.5 Å². The first-order valence-electron chi connectivity index (χ1n) is 6.20. The summed E-state index contributed by atoms with van der Waals surface area (Å²) in [5, 5.41) is 0. The first-order chi connectivity index (χ1) is 7.70. The molecule has 1 nitrogen and oxygen atoms in total. The minimum Gasteiger partial charge on any atom is -0.327 e. The van der Waals surface area contributed by atoms with Gasteiger partial charge in [-0.15, -0.1) is 0 Å². The van der Waals surface area contributed by atoms with E-state index >= 15 is 0 Å². The lowest BCUT2D eigenvalue weighted by Gasteiger charge is -2.38. The molecule has 1 atom stereocenters. The second-order valence-corrected chi connectivity index (χ2v) is 5.51. The van der Waals surface area contributed by atoms with Crippen LogP contribution in [0.5, 0.6) is 0 Å². The van der Waals surface area contributed by atoms with E-state index in [2.05, 4.69) is 30.8 Å². The Hall–Kier alpha value is -1.08. The molecule has 1 aromatic carbocycles. The van der Waals surface area contributed by atoms with Crippen LogP contribution in [0.15, 0.2) is 36.4 Å². The van der Waals surface area contributed by atoms with Gasteiger partial charge >= 0.3 is 0 Å². The number of hydrogen-bond acceptors (Lipinski definition) is 1. The van der Waals surface area contributed by atoms with Crippen LogP contribution in [0.25, 0.3) is 0 Å². The van der Waals surface area contributed by atoms with Gasteiger partial charge < -0.3 is 5.73 Å². The number of hydrogen-bond donors (Lipinski definition) is 1. The van der Waals surface area contributed by atoms with Gasteiger partial charge in [-0.05, 0) is 48.6 Å². The molecule has 16 heavy (non-hydrogen) atoms. The van der Waals surface area contributed by atoms with E-state index in [1.54, 1.807) is 0 Å². The van der Waals surface area contributed by atoms with Crippen molar-refractivity contribution in [3.05, 3.63) is 47.5 Å². The monoisotopic (exact) mass is 213 g/mol. The molecule has 1 unspecified atom stereocenters. The maximum Gasteiger partial charge on any atom is 0.00765 e. The third kappa shape index (κ3) is 1.42. The summed E-state index contributed by atoms with van der Waals surface area (Å²) in [4.78, 5) is 0. The zero-order valence-electron chi connectivity index (χ0n) is 9.71. The Kier molecular flexibility index (Phi) is 2.18. The minimum atomic E-state index is 0.347. The second-order valence-electron chi connectivity index (χ2n) is 5.51. The lowest BCUT2D eigenvalue weighted by atomic mass is 9.67. The standard InChI is InChI=1S/C15H19N/c1-11-8-14(16)6-7-15(11)9-12-4-2-3-5-13(12)10-15/h2-5,14H,1,6-10,16H2. The number of benzene rings is 1. The van der Waals surface area contributed by atoms with Crippen LogP contribution in [0.1, 0.15) is 30.4 Å². The first-order valence-corrected chi connectivity index (χ1v) is 6.20. The van der Waals surface area contributed by atoms with Crippen molar-refractivity contribution in [3.63, 3.8) is 0 Å². The summed E-state index contributed by atoms with van der Waals surface area (Å²) >= 11 is 0. The van der Waals surface area contributed by atoms with Crippen molar-refractivity contribution in [1.82, 2.24) is 0 Å². The van der Waals surface area contributed by atoms with Gasteiger partial charge in [-0.3, -0.25) is 0 Å². The number of rotatable bonds is 0. The van der Waals surface area contributed by atoms with Crippen molar-refractivity contribution < 1.29 is 0 Å². The molecule has 0 radical (unpaired) electrons. The molecule has 3 rings (SSSR count). The summed E-state index contributed by atoms with van der Waals surface area (Å²) in [6.45, 7) is 4.30. The molecule has 1 heteroatoms. The van der Waals surface area contributed by atoms with Gasteiger partial charge in [0, 0.05) is 6.04 Å². The lowest BCUT2D eigenvalue weighted by Crippen LogP contribution is -2.36. The maximum absolute atomic E-state index is 6.02. The third-order valence-electron chi connectivity index (χ3n) is 4.43. The molecule has 1 fully saturated rings. The third-order valence-corrected chi connectivity index (χ3v) is 4.43. The summed E-state index contributed by atoms with van der Waals surface area (Å²) in [6, 6.07) is 9.18. The molecule has 0 heterocycles. The van der Waals surface area contributed by atoms with Gasteiger partial charge in [0.2, 0.25) is 0 Å². The number of fused-ring (bicyclic) bond motifs is 1. The fourth-order valence-electron chi connectivity index (χ4n) is 3.39. The van der Waals surface area contributed by atoms with Crippen LogP contribution < -0.4 is 5.73 Å². The van der Waals surface area contributed by atoms with Crippen molar-refractivity contribution in [1.29, 1.82) is 0 Å². The molecule has 0 amide bonds. The Balaban J connectivity index is 1.91. The fraction of sp³-hybridized carbons (Fsp3) is 0.467. The largest absolute Gasteiger partial charge is 0.327 e. The molecule has 2 N–H and O–H groups in total. The van der Waals surface area contributed by atoms with E-state index in [-0.39, 0.29) is 0 Å². The van der Waals surface area contributed by atoms with Crippen molar-refractivity contribution in [3.8, 4) is 0 Å². The van der Waals surface area contributed by atoms with E-state index in [0.717, 1.165) is 12.8 Å².